The molecule has 0 unspecified atom stereocenters. The van der Waals surface area contributed by atoms with Gasteiger partial charge in [0.15, 0.2) is 11.5 Å². The number of nitrogens with zero attached hydrogens (tertiary/aromatic N) is 2. The van der Waals surface area contributed by atoms with Crippen molar-refractivity contribution in [2.24, 2.45) is 0 Å². The lowest BCUT2D eigenvalue weighted by molar-refractivity contribution is -0.118. The largest absolute Gasteiger partial charge is 0.441 e. The van der Waals surface area contributed by atoms with Gasteiger partial charge < -0.3 is 9.32 Å². The lowest BCUT2D eigenvalue weighted by atomic mass is 10.2. The van der Waals surface area contributed by atoms with Crippen LogP contribution >= 0.6 is 0 Å². The molecule has 0 radical (unpaired) electrons. The smallest absolute Gasteiger partial charge is 0.227 e. The Morgan fingerprint density at radius 2 is 1.95 bits per heavy atom. The average molecular weight is 292 g/mol. The van der Waals surface area contributed by atoms with Gasteiger partial charge in [-0.1, -0.05) is 30.3 Å². The van der Waals surface area contributed by atoms with Gasteiger partial charge in [0, 0.05) is 25.1 Å². The molecular formula is C18H16N2O2. The summed E-state index contributed by atoms with van der Waals surface area (Å²) in [5.41, 5.74) is 3.91. The van der Waals surface area contributed by atoms with E-state index in [0.29, 0.717) is 18.7 Å². The van der Waals surface area contributed by atoms with Crippen molar-refractivity contribution in [2.75, 3.05) is 11.4 Å². The monoisotopic (exact) mass is 292 g/mol. The van der Waals surface area contributed by atoms with E-state index in [1.165, 1.54) is 5.56 Å². The van der Waals surface area contributed by atoms with E-state index in [0.717, 1.165) is 29.8 Å². The molecule has 2 aromatic carbocycles. The number of rotatable bonds is 3. The molecule has 1 aliphatic rings. The summed E-state index contributed by atoms with van der Waals surface area (Å²) in [5.74, 6) is 0.759. The van der Waals surface area contributed by atoms with E-state index < -0.39 is 0 Å². The van der Waals surface area contributed by atoms with E-state index in [-0.39, 0.29) is 5.91 Å². The van der Waals surface area contributed by atoms with Crippen LogP contribution in [0.4, 0.5) is 5.69 Å². The summed E-state index contributed by atoms with van der Waals surface area (Å²) in [4.78, 5) is 18.7. The maximum absolute atomic E-state index is 12.5. The third-order valence-electron chi connectivity index (χ3n) is 4.08. The Balaban J connectivity index is 1.47. The predicted molar refractivity (Wildman–Crippen MR) is 84.8 cm³/mol. The van der Waals surface area contributed by atoms with E-state index in [4.69, 9.17) is 4.42 Å². The SMILES string of the molecule is O=C(CCc1nc2ccccc2o1)N1CCc2ccccc21. The molecule has 1 aliphatic heterocycles. The fourth-order valence-electron chi connectivity index (χ4n) is 2.97. The molecule has 0 saturated heterocycles. The zero-order valence-electron chi connectivity index (χ0n) is 12.2. The van der Waals surface area contributed by atoms with Gasteiger partial charge in [-0.15, -0.1) is 0 Å². The van der Waals surface area contributed by atoms with E-state index >= 15 is 0 Å². The van der Waals surface area contributed by atoms with E-state index in [9.17, 15) is 4.79 Å². The number of amides is 1. The Hall–Kier alpha value is -2.62. The standard InChI is InChI=1S/C18H16N2O2/c21-18(20-12-11-13-5-1-3-7-15(13)20)10-9-17-19-14-6-2-4-8-16(14)22-17/h1-8H,9-12H2. The minimum absolute atomic E-state index is 0.132. The molecule has 3 aromatic rings. The van der Waals surface area contributed by atoms with Crippen molar-refractivity contribution in [3.8, 4) is 0 Å². The quantitative estimate of drug-likeness (QED) is 0.743. The highest BCUT2D eigenvalue weighted by Crippen LogP contribution is 2.28. The molecule has 0 spiro atoms. The van der Waals surface area contributed by atoms with E-state index in [2.05, 4.69) is 11.1 Å². The first-order chi connectivity index (χ1) is 10.8. The van der Waals surface area contributed by atoms with Gasteiger partial charge in [-0.3, -0.25) is 4.79 Å². The van der Waals surface area contributed by atoms with Crippen molar-refractivity contribution in [3.05, 3.63) is 60.0 Å². The minimum Gasteiger partial charge on any atom is -0.441 e. The van der Waals surface area contributed by atoms with E-state index in [1.54, 1.807) is 0 Å². The maximum Gasteiger partial charge on any atom is 0.227 e. The lowest BCUT2D eigenvalue weighted by Crippen LogP contribution is -2.29. The molecule has 1 amide bonds. The van der Waals surface area contributed by atoms with Gasteiger partial charge in [0.1, 0.15) is 5.52 Å². The van der Waals surface area contributed by atoms with Crippen LogP contribution in [0.25, 0.3) is 11.1 Å². The molecule has 4 nitrogen and oxygen atoms in total. The summed E-state index contributed by atoms with van der Waals surface area (Å²) >= 11 is 0. The Kier molecular flexibility index (Phi) is 3.15. The summed E-state index contributed by atoms with van der Waals surface area (Å²) in [6, 6.07) is 15.8. The molecule has 0 aliphatic carbocycles. The Bertz CT molecular complexity index is 805. The number of carbonyl (C=O) groups is 1. The molecule has 110 valence electrons. The number of aromatic nitrogens is 1. The van der Waals surface area contributed by atoms with E-state index in [1.807, 2.05) is 47.4 Å². The molecule has 22 heavy (non-hydrogen) atoms. The highest BCUT2D eigenvalue weighted by Gasteiger charge is 2.24. The zero-order valence-corrected chi connectivity index (χ0v) is 12.2. The number of para-hydroxylation sites is 3. The predicted octanol–water partition coefficient (Wildman–Crippen LogP) is 3.35. The third-order valence-corrected chi connectivity index (χ3v) is 4.08. The van der Waals surface area contributed by atoms with Crippen LogP contribution in [0, 0.1) is 0 Å². The average Bonchev–Trinajstić information content (AvgIpc) is 3.16. The van der Waals surface area contributed by atoms with Crippen molar-refractivity contribution < 1.29 is 9.21 Å². The molecule has 0 fully saturated rings. The van der Waals surface area contributed by atoms with Crippen molar-refractivity contribution in [1.29, 1.82) is 0 Å². The van der Waals surface area contributed by atoms with Crippen molar-refractivity contribution in [2.45, 2.75) is 19.3 Å². The fourth-order valence-corrected chi connectivity index (χ4v) is 2.97. The second-order valence-corrected chi connectivity index (χ2v) is 5.50. The Morgan fingerprint density at radius 1 is 1.14 bits per heavy atom. The number of hydrogen-bond donors (Lipinski definition) is 0. The van der Waals surface area contributed by atoms with Gasteiger partial charge in [0.05, 0.1) is 0 Å². The fraction of sp³-hybridized carbons (Fsp3) is 0.222. The molecule has 2 heterocycles. The van der Waals surface area contributed by atoms with Crippen molar-refractivity contribution in [1.82, 2.24) is 4.98 Å². The Morgan fingerprint density at radius 3 is 2.86 bits per heavy atom. The second kappa shape index (κ2) is 5.30. The minimum atomic E-state index is 0.132. The first-order valence-corrected chi connectivity index (χ1v) is 7.54. The van der Waals surface area contributed by atoms with Crippen LogP contribution in [-0.4, -0.2) is 17.4 Å². The highest BCUT2D eigenvalue weighted by molar-refractivity contribution is 5.95. The van der Waals surface area contributed by atoms with Crippen molar-refractivity contribution >= 4 is 22.7 Å². The molecule has 4 heteroatoms. The topological polar surface area (TPSA) is 46.3 Å². The van der Waals surface area contributed by atoms with Crippen LogP contribution in [0.3, 0.4) is 0 Å². The Labute approximate surface area is 128 Å². The van der Waals surface area contributed by atoms with Gasteiger partial charge in [-0.25, -0.2) is 4.98 Å². The molecule has 0 bridgehead atoms. The van der Waals surface area contributed by atoms with Crippen LogP contribution in [-0.2, 0) is 17.6 Å². The summed E-state index contributed by atoms with van der Waals surface area (Å²) in [5, 5.41) is 0. The number of anilines is 1. The number of oxazole rings is 1. The number of fused-ring (bicyclic) bond motifs is 2. The van der Waals surface area contributed by atoms with Crippen LogP contribution in [0.2, 0.25) is 0 Å². The number of aryl methyl sites for hydroxylation is 1. The van der Waals surface area contributed by atoms with Gasteiger partial charge in [-0.05, 0) is 30.2 Å². The summed E-state index contributed by atoms with van der Waals surface area (Å²) in [6.07, 6.45) is 1.89. The molecule has 0 atom stereocenters. The molecule has 0 N–H and O–H groups in total. The summed E-state index contributed by atoms with van der Waals surface area (Å²) < 4.78 is 5.67. The molecular weight excluding hydrogens is 276 g/mol. The first kappa shape index (κ1) is 13.1. The zero-order chi connectivity index (χ0) is 14.9. The maximum atomic E-state index is 12.5. The van der Waals surface area contributed by atoms with Crippen molar-refractivity contribution in [3.63, 3.8) is 0 Å². The lowest BCUT2D eigenvalue weighted by Gasteiger charge is -2.16. The number of carbonyl (C=O) groups excluding carboxylic acids is 1. The third kappa shape index (κ3) is 2.26. The van der Waals surface area contributed by atoms with Crippen LogP contribution in [0.5, 0.6) is 0 Å². The van der Waals surface area contributed by atoms with Gasteiger partial charge in [-0.2, -0.15) is 0 Å². The van der Waals surface area contributed by atoms with Crippen LogP contribution in [0.15, 0.2) is 52.9 Å². The molecule has 0 saturated carbocycles. The first-order valence-electron chi connectivity index (χ1n) is 7.54. The molecule has 4 rings (SSSR count). The van der Waals surface area contributed by atoms with Crippen LogP contribution in [0.1, 0.15) is 17.9 Å². The molecule has 1 aromatic heterocycles. The highest BCUT2D eigenvalue weighted by atomic mass is 16.3. The van der Waals surface area contributed by atoms with Gasteiger partial charge in [0.2, 0.25) is 5.91 Å². The second-order valence-electron chi connectivity index (χ2n) is 5.50. The number of hydrogen-bond acceptors (Lipinski definition) is 3. The number of benzene rings is 2. The van der Waals surface area contributed by atoms with Gasteiger partial charge in [0.25, 0.3) is 0 Å². The summed E-state index contributed by atoms with van der Waals surface area (Å²) in [6.45, 7) is 0.770. The van der Waals surface area contributed by atoms with Crippen LogP contribution < -0.4 is 4.90 Å². The summed E-state index contributed by atoms with van der Waals surface area (Å²) in [7, 11) is 0. The van der Waals surface area contributed by atoms with Gasteiger partial charge >= 0.3 is 0 Å². The normalized spacial score (nSPS) is 13.5.